The third-order valence-corrected chi connectivity index (χ3v) is 7.09. The molecule has 5 heteroatoms. The van der Waals surface area contributed by atoms with Crippen LogP contribution in [0.3, 0.4) is 0 Å². The van der Waals surface area contributed by atoms with Crippen LogP contribution in [0.25, 0.3) is 0 Å². The number of likely N-dealkylation sites (tertiary alicyclic amines) is 1. The SMILES string of the molecule is COc1ccc2c3c1O[C@H]1[C@@H](O)[C@@H]4O[C@@H]4[C@H]4[C@H](C2)N(C)CC[C@@]341. The number of hydrogen-bond donors (Lipinski definition) is 1. The van der Waals surface area contributed by atoms with Crippen LogP contribution in [-0.4, -0.2) is 61.2 Å². The van der Waals surface area contributed by atoms with E-state index in [9.17, 15) is 5.11 Å². The van der Waals surface area contributed by atoms with Gasteiger partial charge in [-0.25, -0.2) is 0 Å². The lowest BCUT2D eigenvalue weighted by molar-refractivity contribution is -0.0837. The topological polar surface area (TPSA) is 54.5 Å². The molecule has 5 nitrogen and oxygen atoms in total. The summed E-state index contributed by atoms with van der Waals surface area (Å²) in [5.74, 6) is 2.09. The Kier molecular flexibility index (Phi) is 2.18. The van der Waals surface area contributed by atoms with E-state index in [0.29, 0.717) is 12.0 Å². The van der Waals surface area contributed by atoms with Crippen molar-refractivity contribution >= 4 is 0 Å². The van der Waals surface area contributed by atoms with Gasteiger partial charge in [-0.15, -0.1) is 0 Å². The van der Waals surface area contributed by atoms with Gasteiger partial charge in [-0.05, 0) is 38.1 Å². The van der Waals surface area contributed by atoms with Gasteiger partial charge in [0.1, 0.15) is 18.3 Å². The Morgan fingerprint density at radius 1 is 1.35 bits per heavy atom. The standard InChI is InChI=1S/C18H21NO4/c1-19-6-5-18-11-8-3-4-10(21-2)14(11)23-17(18)13(20)16-15(22-16)12(18)9(19)7-8/h3-4,9,12-13,15-17,20H,5-7H2,1-2H3/t9-,12+,13-,15+,16-,17-,18+/m0/s1. The molecule has 7 atom stereocenters. The van der Waals surface area contributed by atoms with Crippen molar-refractivity contribution in [1.82, 2.24) is 4.90 Å². The normalized spacial score (nSPS) is 48.3. The smallest absolute Gasteiger partial charge is 0.165 e. The van der Waals surface area contributed by atoms with Crippen LogP contribution in [0.2, 0.25) is 0 Å². The predicted octanol–water partition coefficient (Wildman–Crippen LogP) is 0.712. The van der Waals surface area contributed by atoms with Crippen molar-refractivity contribution in [2.75, 3.05) is 20.7 Å². The molecule has 1 N–H and O–H groups in total. The number of piperidine rings is 1. The first kappa shape index (κ1) is 13.0. The van der Waals surface area contributed by atoms with Crippen LogP contribution in [0.4, 0.5) is 0 Å². The number of nitrogens with zero attached hydrogens (tertiary/aromatic N) is 1. The molecule has 5 aliphatic rings. The summed E-state index contributed by atoms with van der Waals surface area (Å²) in [5.41, 5.74) is 2.57. The highest BCUT2D eigenvalue weighted by atomic mass is 16.6. The molecule has 3 aliphatic heterocycles. The fraction of sp³-hybridized carbons (Fsp3) is 0.667. The van der Waals surface area contributed by atoms with Crippen molar-refractivity contribution < 1.29 is 19.3 Å². The molecule has 0 aromatic heterocycles. The highest BCUT2D eigenvalue weighted by Gasteiger charge is 2.75. The van der Waals surface area contributed by atoms with E-state index in [1.807, 2.05) is 6.07 Å². The molecule has 1 aromatic carbocycles. The van der Waals surface area contributed by atoms with E-state index in [4.69, 9.17) is 14.2 Å². The number of rotatable bonds is 1. The molecule has 23 heavy (non-hydrogen) atoms. The first-order valence-electron chi connectivity index (χ1n) is 8.57. The van der Waals surface area contributed by atoms with Crippen LogP contribution in [0.15, 0.2) is 12.1 Å². The summed E-state index contributed by atoms with van der Waals surface area (Å²) < 4.78 is 17.9. The van der Waals surface area contributed by atoms with E-state index in [-0.39, 0.29) is 23.7 Å². The van der Waals surface area contributed by atoms with Crippen LogP contribution in [-0.2, 0) is 16.6 Å². The minimum absolute atomic E-state index is 0.0472. The highest BCUT2D eigenvalue weighted by molar-refractivity contribution is 5.62. The number of epoxide rings is 1. The maximum absolute atomic E-state index is 10.8. The molecular weight excluding hydrogens is 294 g/mol. The maximum atomic E-state index is 10.8. The molecule has 6 rings (SSSR count). The molecule has 1 saturated carbocycles. The van der Waals surface area contributed by atoms with Gasteiger partial charge in [0.25, 0.3) is 0 Å². The number of ether oxygens (including phenoxy) is 3. The third kappa shape index (κ3) is 1.26. The molecule has 2 bridgehead atoms. The van der Waals surface area contributed by atoms with E-state index in [0.717, 1.165) is 30.9 Å². The molecular formula is C18H21NO4. The quantitative estimate of drug-likeness (QED) is 0.774. The van der Waals surface area contributed by atoms with E-state index in [1.165, 1.54) is 11.1 Å². The Labute approximate surface area is 135 Å². The maximum Gasteiger partial charge on any atom is 0.165 e. The monoisotopic (exact) mass is 315 g/mol. The van der Waals surface area contributed by atoms with Gasteiger partial charge in [-0.1, -0.05) is 6.07 Å². The number of aliphatic hydroxyl groups is 1. The predicted molar refractivity (Wildman–Crippen MR) is 82.0 cm³/mol. The lowest BCUT2D eigenvalue weighted by Crippen LogP contribution is -2.68. The number of fused-ring (bicyclic) bond motifs is 1. The van der Waals surface area contributed by atoms with Crippen LogP contribution in [0, 0.1) is 5.92 Å². The van der Waals surface area contributed by atoms with Gasteiger partial charge in [0.05, 0.1) is 13.2 Å². The summed E-state index contributed by atoms with van der Waals surface area (Å²) >= 11 is 0. The number of hydrogen-bond acceptors (Lipinski definition) is 5. The Balaban J connectivity index is 1.66. The summed E-state index contributed by atoms with van der Waals surface area (Å²) in [6.07, 6.45) is 1.46. The molecule has 1 spiro atoms. The average Bonchev–Trinajstić information content (AvgIpc) is 3.27. The van der Waals surface area contributed by atoms with Gasteiger partial charge in [0.15, 0.2) is 11.5 Å². The summed E-state index contributed by atoms with van der Waals surface area (Å²) in [6.45, 7) is 1.04. The zero-order valence-corrected chi connectivity index (χ0v) is 13.4. The number of benzene rings is 1. The molecule has 122 valence electrons. The van der Waals surface area contributed by atoms with Gasteiger partial charge in [0, 0.05) is 22.9 Å². The highest BCUT2D eigenvalue weighted by Crippen LogP contribution is 2.66. The lowest BCUT2D eigenvalue weighted by Gasteiger charge is -2.57. The fourth-order valence-electron chi connectivity index (χ4n) is 6.14. The second-order valence-electron chi connectivity index (χ2n) is 7.79. The van der Waals surface area contributed by atoms with E-state index in [1.54, 1.807) is 7.11 Å². The molecule has 3 fully saturated rings. The fourth-order valence-corrected chi connectivity index (χ4v) is 6.14. The molecule has 0 radical (unpaired) electrons. The summed E-state index contributed by atoms with van der Waals surface area (Å²) in [5, 5.41) is 10.8. The van der Waals surface area contributed by atoms with Crippen molar-refractivity contribution in [3.63, 3.8) is 0 Å². The van der Waals surface area contributed by atoms with Crippen LogP contribution < -0.4 is 9.47 Å². The molecule has 0 unspecified atom stereocenters. The summed E-state index contributed by atoms with van der Waals surface area (Å²) in [7, 11) is 3.91. The van der Waals surface area contributed by atoms with E-state index >= 15 is 0 Å². The third-order valence-electron chi connectivity index (χ3n) is 7.09. The Morgan fingerprint density at radius 3 is 3.04 bits per heavy atom. The number of likely N-dealkylation sites (N-methyl/N-ethyl adjacent to an activating group) is 1. The lowest BCUT2D eigenvalue weighted by atomic mass is 9.51. The van der Waals surface area contributed by atoms with Gasteiger partial charge < -0.3 is 24.2 Å². The van der Waals surface area contributed by atoms with Gasteiger partial charge in [0.2, 0.25) is 0 Å². The minimum atomic E-state index is -0.539. The summed E-state index contributed by atoms with van der Waals surface area (Å²) in [6, 6.07) is 4.69. The number of aliphatic hydroxyl groups excluding tert-OH is 1. The Morgan fingerprint density at radius 2 is 2.22 bits per heavy atom. The van der Waals surface area contributed by atoms with Gasteiger partial charge in [-0.3, -0.25) is 0 Å². The number of methoxy groups -OCH3 is 1. The van der Waals surface area contributed by atoms with Crippen molar-refractivity contribution in [3.8, 4) is 11.5 Å². The molecule has 0 amide bonds. The van der Waals surface area contributed by atoms with Crippen molar-refractivity contribution in [1.29, 1.82) is 0 Å². The minimum Gasteiger partial charge on any atom is -0.493 e. The second kappa shape index (κ2) is 3.85. The van der Waals surface area contributed by atoms with E-state index in [2.05, 4.69) is 18.0 Å². The Bertz CT molecular complexity index is 721. The molecule has 3 heterocycles. The zero-order valence-electron chi connectivity index (χ0n) is 13.4. The average molecular weight is 315 g/mol. The van der Waals surface area contributed by atoms with Gasteiger partial charge >= 0.3 is 0 Å². The van der Waals surface area contributed by atoms with Gasteiger partial charge in [-0.2, -0.15) is 0 Å². The van der Waals surface area contributed by atoms with E-state index < -0.39 is 6.10 Å². The van der Waals surface area contributed by atoms with Crippen molar-refractivity contribution in [2.45, 2.75) is 48.7 Å². The van der Waals surface area contributed by atoms with Crippen molar-refractivity contribution in [2.24, 2.45) is 5.92 Å². The van der Waals surface area contributed by atoms with Crippen molar-refractivity contribution in [3.05, 3.63) is 23.3 Å². The first-order chi connectivity index (χ1) is 11.2. The summed E-state index contributed by atoms with van der Waals surface area (Å²) in [4.78, 5) is 2.48. The van der Waals surface area contributed by atoms with Crippen LogP contribution in [0.1, 0.15) is 17.5 Å². The molecule has 2 saturated heterocycles. The molecule has 1 aromatic rings. The van der Waals surface area contributed by atoms with Crippen LogP contribution >= 0.6 is 0 Å². The van der Waals surface area contributed by atoms with Crippen LogP contribution in [0.5, 0.6) is 11.5 Å². The zero-order chi connectivity index (χ0) is 15.5. The largest absolute Gasteiger partial charge is 0.493 e. The second-order valence-corrected chi connectivity index (χ2v) is 7.79. The first-order valence-corrected chi connectivity index (χ1v) is 8.57. The molecule has 2 aliphatic carbocycles. The Hall–Kier alpha value is -1.30.